The lowest BCUT2D eigenvalue weighted by Gasteiger charge is -2.22. The Morgan fingerprint density at radius 3 is 2.76 bits per heavy atom. The van der Waals surface area contributed by atoms with Crippen LogP contribution in [0.25, 0.3) is 0 Å². The van der Waals surface area contributed by atoms with Crippen LogP contribution in [0.5, 0.6) is 0 Å². The van der Waals surface area contributed by atoms with Crippen molar-refractivity contribution < 1.29 is 5.11 Å². The lowest BCUT2D eigenvalue weighted by atomic mass is 9.87. The maximum absolute atomic E-state index is 9.63. The zero-order chi connectivity index (χ0) is 12.3. The third-order valence-corrected chi connectivity index (χ3v) is 5.55. The van der Waals surface area contributed by atoms with Crippen LogP contribution in [0.3, 0.4) is 0 Å². The Morgan fingerprint density at radius 2 is 2.18 bits per heavy atom. The average Bonchev–Trinajstić information content (AvgIpc) is 2.67. The zero-order valence-electron chi connectivity index (χ0n) is 9.63. The summed E-state index contributed by atoms with van der Waals surface area (Å²) >= 11 is 12.0. The van der Waals surface area contributed by atoms with Gasteiger partial charge in [-0.3, -0.25) is 0 Å². The molecule has 2 fully saturated rings. The van der Waals surface area contributed by atoms with Gasteiger partial charge in [-0.15, -0.1) is 0 Å². The lowest BCUT2D eigenvalue weighted by Crippen LogP contribution is -2.30. The van der Waals surface area contributed by atoms with E-state index in [0.717, 1.165) is 13.1 Å². The monoisotopic (exact) mass is 271 g/mol. The van der Waals surface area contributed by atoms with E-state index in [1.54, 1.807) is 0 Å². The minimum Gasteiger partial charge on any atom is -0.396 e. The Kier molecular flexibility index (Phi) is 2.50. The van der Waals surface area contributed by atoms with E-state index in [0.29, 0.717) is 16.0 Å². The summed E-state index contributed by atoms with van der Waals surface area (Å²) in [6.07, 6.45) is 0. The standard InChI is InChI=1S/C13H15Cl2NO/c1-12(7-17)11-5-16-6-13(11,12)8-2-3-9(14)10(15)4-8/h2-4,11,16-17H,5-7H2,1H3/t11-,12?,13+/m1/s1. The van der Waals surface area contributed by atoms with E-state index < -0.39 is 0 Å². The zero-order valence-corrected chi connectivity index (χ0v) is 11.1. The van der Waals surface area contributed by atoms with Crippen molar-refractivity contribution in [3.05, 3.63) is 33.8 Å². The summed E-state index contributed by atoms with van der Waals surface area (Å²) in [7, 11) is 0. The molecule has 1 saturated carbocycles. The summed E-state index contributed by atoms with van der Waals surface area (Å²) in [5.41, 5.74) is 1.21. The van der Waals surface area contributed by atoms with Crippen LogP contribution in [-0.4, -0.2) is 24.8 Å². The summed E-state index contributed by atoms with van der Waals surface area (Å²) in [6, 6.07) is 5.83. The molecule has 0 spiro atoms. The molecule has 1 heterocycles. The molecule has 1 saturated heterocycles. The molecule has 3 rings (SSSR count). The fourth-order valence-electron chi connectivity index (χ4n) is 3.66. The number of aliphatic hydroxyl groups excluding tert-OH is 1. The molecule has 0 aromatic heterocycles. The van der Waals surface area contributed by atoms with Gasteiger partial charge in [0.05, 0.1) is 10.0 Å². The van der Waals surface area contributed by atoms with Gasteiger partial charge in [-0.1, -0.05) is 36.2 Å². The molecule has 1 unspecified atom stereocenters. The van der Waals surface area contributed by atoms with E-state index in [1.165, 1.54) is 5.56 Å². The maximum atomic E-state index is 9.63. The number of piperidine rings is 1. The summed E-state index contributed by atoms with van der Waals surface area (Å²) in [5, 5.41) is 14.2. The summed E-state index contributed by atoms with van der Waals surface area (Å²) in [4.78, 5) is 0. The van der Waals surface area contributed by atoms with Gasteiger partial charge in [0.2, 0.25) is 0 Å². The predicted octanol–water partition coefficient (Wildman–Crippen LogP) is 2.46. The van der Waals surface area contributed by atoms with Gasteiger partial charge < -0.3 is 10.4 Å². The molecule has 1 aromatic rings. The molecule has 1 aliphatic heterocycles. The SMILES string of the molecule is CC1(CO)[C@H]2CNC[C@]21c1ccc(Cl)c(Cl)c1. The van der Waals surface area contributed by atoms with Crippen molar-refractivity contribution in [3.63, 3.8) is 0 Å². The van der Waals surface area contributed by atoms with Crippen LogP contribution in [0, 0.1) is 11.3 Å². The molecule has 4 heteroatoms. The predicted molar refractivity (Wildman–Crippen MR) is 69.7 cm³/mol. The fourth-order valence-corrected chi connectivity index (χ4v) is 3.96. The van der Waals surface area contributed by atoms with Crippen molar-refractivity contribution >= 4 is 23.2 Å². The Labute approximate surface area is 111 Å². The molecule has 0 bridgehead atoms. The van der Waals surface area contributed by atoms with Crippen molar-refractivity contribution in [2.45, 2.75) is 12.3 Å². The van der Waals surface area contributed by atoms with Gasteiger partial charge in [-0.25, -0.2) is 0 Å². The molecular weight excluding hydrogens is 257 g/mol. The molecule has 3 atom stereocenters. The number of fused-ring (bicyclic) bond motifs is 1. The van der Waals surface area contributed by atoms with Gasteiger partial charge in [-0.05, 0) is 30.2 Å². The number of aliphatic hydroxyl groups is 1. The molecular formula is C13H15Cl2NO. The van der Waals surface area contributed by atoms with Crippen LogP contribution in [0.2, 0.25) is 10.0 Å². The van der Waals surface area contributed by atoms with E-state index in [-0.39, 0.29) is 17.4 Å². The molecule has 92 valence electrons. The Morgan fingerprint density at radius 1 is 1.41 bits per heavy atom. The number of nitrogens with one attached hydrogen (secondary N) is 1. The topological polar surface area (TPSA) is 32.3 Å². The highest BCUT2D eigenvalue weighted by molar-refractivity contribution is 6.42. The highest BCUT2D eigenvalue weighted by Gasteiger charge is 2.75. The Hall–Kier alpha value is -0.280. The fraction of sp³-hybridized carbons (Fsp3) is 0.538. The van der Waals surface area contributed by atoms with Gasteiger partial charge >= 0.3 is 0 Å². The Bertz CT molecular complexity index is 478. The molecule has 0 amide bonds. The second-order valence-electron chi connectivity index (χ2n) is 5.36. The molecule has 2 N–H and O–H groups in total. The summed E-state index contributed by atoms with van der Waals surface area (Å²) < 4.78 is 0. The van der Waals surface area contributed by atoms with Crippen LogP contribution in [-0.2, 0) is 5.41 Å². The van der Waals surface area contributed by atoms with Crippen molar-refractivity contribution in [1.82, 2.24) is 5.32 Å². The minimum absolute atomic E-state index is 0.0184. The quantitative estimate of drug-likeness (QED) is 0.866. The van der Waals surface area contributed by atoms with Gasteiger partial charge in [0, 0.05) is 24.0 Å². The third kappa shape index (κ3) is 1.30. The second kappa shape index (κ2) is 3.61. The van der Waals surface area contributed by atoms with Gasteiger partial charge in [-0.2, -0.15) is 0 Å². The summed E-state index contributed by atoms with van der Waals surface area (Å²) in [5.74, 6) is 0.497. The molecule has 2 nitrogen and oxygen atoms in total. The van der Waals surface area contributed by atoms with Crippen LogP contribution in [0.15, 0.2) is 18.2 Å². The molecule has 17 heavy (non-hydrogen) atoms. The van der Waals surface area contributed by atoms with E-state index in [2.05, 4.69) is 12.2 Å². The number of rotatable bonds is 2. The highest BCUT2D eigenvalue weighted by Crippen LogP contribution is 2.71. The van der Waals surface area contributed by atoms with Crippen molar-refractivity contribution in [1.29, 1.82) is 0 Å². The van der Waals surface area contributed by atoms with Crippen LogP contribution < -0.4 is 5.32 Å². The van der Waals surface area contributed by atoms with E-state index in [1.807, 2.05) is 18.2 Å². The van der Waals surface area contributed by atoms with Gasteiger partial charge in [0.25, 0.3) is 0 Å². The largest absolute Gasteiger partial charge is 0.396 e. The maximum Gasteiger partial charge on any atom is 0.0595 e. The number of halogens is 2. The molecule has 1 aromatic carbocycles. The van der Waals surface area contributed by atoms with Crippen LogP contribution in [0.4, 0.5) is 0 Å². The average molecular weight is 272 g/mol. The van der Waals surface area contributed by atoms with E-state index in [9.17, 15) is 5.11 Å². The van der Waals surface area contributed by atoms with Crippen molar-refractivity contribution in [3.8, 4) is 0 Å². The van der Waals surface area contributed by atoms with Crippen molar-refractivity contribution in [2.24, 2.45) is 11.3 Å². The third-order valence-electron chi connectivity index (χ3n) is 4.82. The first-order chi connectivity index (χ1) is 8.06. The number of benzene rings is 1. The number of hydrogen-bond acceptors (Lipinski definition) is 2. The minimum atomic E-state index is -0.0184. The van der Waals surface area contributed by atoms with Crippen LogP contribution in [0.1, 0.15) is 12.5 Å². The van der Waals surface area contributed by atoms with Crippen molar-refractivity contribution in [2.75, 3.05) is 19.7 Å². The first-order valence-electron chi connectivity index (χ1n) is 5.83. The van der Waals surface area contributed by atoms with Gasteiger partial charge in [0.15, 0.2) is 0 Å². The lowest BCUT2D eigenvalue weighted by molar-refractivity contribution is 0.189. The van der Waals surface area contributed by atoms with E-state index in [4.69, 9.17) is 23.2 Å². The molecule has 0 radical (unpaired) electrons. The molecule has 1 aliphatic carbocycles. The van der Waals surface area contributed by atoms with Crippen LogP contribution >= 0.6 is 23.2 Å². The highest BCUT2D eigenvalue weighted by atomic mass is 35.5. The first-order valence-corrected chi connectivity index (χ1v) is 6.59. The first kappa shape index (κ1) is 11.8. The Balaban J connectivity index is 2.06. The normalized spacial score (nSPS) is 39.2. The number of hydrogen-bond donors (Lipinski definition) is 2. The smallest absolute Gasteiger partial charge is 0.0595 e. The second-order valence-corrected chi connectivity index (χ2v) is 6.17. The molecule has 2 aliphatic rings. The van der Waals surface area contributed by atoms with E-state index >= 15 is 0 Å². The van der Waals surface area contributed by atoms with Gasteiger partial charge in [0.1, 0.15) is 0 Å². The summed E-state index contributed by atoms with van der Waals surface area (Å²) in [6.45, 7) is 4.25.